The summed E-state index contributed by atoms with van der Waals surface area (Å²) in [5.41, 5.74) is 2.98. The molecule has 0 aliphatic carbocycles. The first-order valence-corrected chi connectivity index (χ1v) is 10.7. The van der Waals surface area contributed by atoms with Gasteiger partial charge in [0.1, 0.15) is 16.9 Å². The molecule has 0 bridgehead atoms. The third kappa shape index (κ3) is 3.33. The highest BCUT2D eigenvalue weighted by molar-refractivity contribution is 9.10. The van der Waals surface area contributed by atoms with E-state index >= 15 is 0 Å². The molecule has 0 fully saturated rings. The molecule has 2 aromatic heterocycles. The Kier molecular flexibility index (Phi) is 4.94. The number of benzene rings is 3. The molecule has 0 amide bonds. The fourth-order valence-corrected chi connectivity index (χ4v) is 4.34. The zero-order chi connectivity index (χ0) is 22.4. The van der Waals surface area contributed by atoms with Crippen LogP contribution in [0.1, 0.15) is 21.7 Å². The van der Waals surface area contributed by atoms with Gasteiger partial charge in [0.2, 0.25) is 5.78 Å². The summed E-state index contributed by atoms with van der Waals surface area (Å²) in [6.07, 6.45) is 0. The standard InChI is InChI=1S/C26H17BrO5/c1-14-11-21(28)32-25-19(14)9-10-20-23(25)22(15-5-3-7-17(27)12-15)26(31-20)24(29)16-6-4-8-18(13-16)30-2/h3-13H,1-2H3. The Morgan fingerprint density at radius 2 is 1.78 bits per heavy atom. The van der Waals surface area contributed by atoms with Gasteiger partial charge in [0.05, 0.1) is 12.5 Å². The number of hydrogen-bond donors (Lipinski definition) is 0. The first-order chi connectivity index (χ1) is 15.5. The minimum absolute atomic E-state index is 0.169. The molecule has 158 valence electrons. The summed E-state index contributed by atoms with van der Waals surface area (Å²) in [7, 11) is 1.55. The van der Waals surface area contributed by atoms with Crippen LogP contribution in [0, 0.1) is 6.92 Å². The highest BCUT2D eigenvalue weighted by atomic mass is 79.9. The lowest BCUT2D eigenvalue weighted by molar-refractivity contribution is 0.101. The number of carbonyl (C=O) groups is 1. The number of carbonyl (C=O) groups excluding carboxylic acids is 1. The zero-order valence-corrected chi connectivity index (χ0v) is 18.9. The van der Waals surface area contributed by atoms with Gasteiger partial charge in [-0.1, -0.05) is 40.2 Å². The average Bonchev–Trinajstić information content (AvgIpc) is 3.18. The largest absolute Gasteiger partial charge is 0.497 e. The van der Waals surface area contributed by atoms with Crippen LogP contribution in [-0.2, 0) is 0 Å². The molecule has 6 heteroatoms. The van der Waals surface area contributed by atoms with E-state index in [-0.39, 0.29) is 11.5 Å². The van der Waals surface area contributed by atoms with Gasteiger partial charge < -0.3 is 13.6 Å². The van der Waals surface area contributed by atoms with E-state index in [2.05, 4.69) is 15.9 Å². The van der Waals surface area contributed by atoms with E-state index < -0.39 is 5.63 Å². The van der Waals surface area contributed by atoms with Crippen molar-refractivity contribution in [2.24, 2.45) is 0 Å². The maximum absolute atomic E-state index is 13.6. The number of aryl methyl sites for hydroxylation is 1. The van der Waals surface area contributed by atoms with E-state index in [1.807, 2.05) is 37.3 Å². The topological polar surface area (TPSA) is 69.7 Å². The van der Waals surface area contributed by atoms with Gasteiger partial charge in [-0.25, -0.2) is 4.79 Å². The summed E-state index contributed by atoms with van der Waals surface area (Å²) >= 11 is 3.50. The number of fused-ring (bicyclic) bond motifs is 3. The lowest BCUT2D eigenvalue weighted by atomic mass is 9.96. The second-order valence-electron chi connectivity index (χ2n) is 7.44. The van der Waals surface area contributed by atoms with E-state index in [9.17, 15) is 9.59 Å². The number of ether oxygens (including phenoxy) is 1. The quantitative estimate of drug-likeness (QED) is 0.213. The fourth-order valence-electron chi connectivity index (χ4n) is 3.94. The Labute approximate surface area is 191 Å². The molecule has 0 radical (unpaired) electrons. The predicted octanol–water partition coefficient (Wildman–Crippen LogP) is 6.52. The maximum atomic E-state index is 13.6. The number of furan rings is 1. The monoisotopic (exact) mass is 488 g/mol. The Morgan fingerprint density at radius 1 is 0.969 bits per heavy atom. The van der Waals surface area contributed by atoms with E-state index in [0.29, 0.717) is 33.4 Å². The van der Waals surface area contributed by atoms with Crippen LogP contribution in [0.25, 0.3) is 33.1 Å². The van der Waals surface area contributed by atoms with Gasteiger partial charge in [-0.05, 0) is 54.4 Å². The molecule has 32 heavy (non-hydrogen) atoms. The van der Waals surface area contributed by atoms with Crippen LogP contribution < -0.4 is 10.4 Å². The SMILES string of the molecule is COc1cccc(C(=O)c2oc3ccc4c(C)cc(=O)oc4c3c2-c2cccc(Br)c2)c1. The molecule has 5 rings (SSSR count). The molecule has 0 saturated heterocycles. The molecule has 0 saturated carbocycles. The number of hydrogen-bond acceptors (Lipinski definition) is 5. The molecule has 5 aromatic rings. The molecular weight excluding hydrogens is 472 g/mol. The van der Waals surface area contributed by atoms with Gasteiger partial charge in [-0.2, -0.15) is 0 Å². The lowest BCUT2D eigenvalue weighted by Crippen LogP contribution is -2.02. The van der Waals surface area contributed by atoms with E-state index in [4.69, 9.17) is 13.6 Å². The van der Waals surface area contributed by atoms with Crippen LogP contribution in [0.4, 0.5) is 0 Å². The smallest absolute Gasteiger partial charge is 0.336 e. The molecule has 5 nitrogen and oxygen atoms in total. The van der Waals surface area contributed by atoms with Crippen molar-refractivity contribution >= 4 is 43.7 Å². The maximum Gasteiger partial charge on any atom is 0.336 e. The van der Waals surface area contributed by atoms with Crippen LogP contribution in [-0.4, -0.2) is 12.9 Å². The summed E-state index contributed by atoms with van der Waals surface area (Å²) in [4.78, 5) is 25.8. The minimum Gasteiger partial charge on any atom is -0.497 e. The third-order valence-electron chi connectivity index (χ3n) is 5.42. The van der Waals surface area contributed by atoms with Gasteiger partial charge in [0, 0.05) is 27.1 Å². The molecule has 0 atom stereocenters. The molecule has 0 aliphatic heterocycles. The first kappa shape index (κ1) is 20.3. The van der Waals surface area contributed by atoms with E-state index in [0.717, 1.165) is 21.0 Å². The lowest BCUT2D eigenvalue weighted by Gasteiger charge is -2.07. The van der Waals surface area contributed by atoms with Crippen molar-refractivity contribution in [3.63, 3.8) is 0 Å². The zero-order valence-electron chi connectivity index (χ0n) is 17.3. The van der Waals surface area contributed by atoms with Gasteiger partial charge >= 0.3 is 5.63 Å². The highest BCUT2D eigenvalue weighted by Crippen LogP contribution is 2.41. The van der Waals surface area contributed by atoms with Gasteiger partial charge in [-0.15, -0.1) is 0 Å². The first-order valence-electron chi connectivity index (χ1n) is 9.91. The second-order valence-corrected chi connectivity index (χ2v) is 8.36. The van der Waals surface area contributed by atoms with E-state index in [1.54, 1.807) is 37.4 Å². The molecule has 0 unspecified atom stereocenters. The highest BCUT2D eigenvalue weighted by Gasteiger charge is 2.26. The molecule has 0 aliphatic rings. The van der Waals surface area contributed by atoms with Crippen molar-refractivity contribution in [2.75, 3.05) is 7.11 Å². The second kappa shape index (κ2) is 7.80. The van der Waals surface area contributed by atoms with Crippen LogP contribution in [0.15, 0.2) is 84.8 Å². The summed E-state index contributed by atoms with van der Waals surface area (Å²) in [5.74, 6) is 0.448. The summed E-state index contributed by atoms with van der Waals surface area (Å²) in [5, 5.41) is 1.38. The van der Waals surface area contributed by atoms with Crippen molar-refractivity contribution in [3.8, 4) is 16.9 Å². The van der Waals surface area contributed by atoms with Gasteiger partial charge in [0.15, 0.2) is 5.76 Å². The molecule has 0 N–H and O–H groups in total. The summed E-state index contributed by atoms with van der Waals surface area (Å²) < 4.78 is 17.9. The van der Waals surface area contributed by atoms with Crippen molar-refractivity contribution in [1.82, 2.24) is 0 Å². The molecule has 0 spiro atoms. The molecular formula is C26H17BrO5. The Balaban J connectivity index is 1.89. The third-order valence-corrected chi connectivity index (χ3v) is 5.92. The summed E-state index contributed by atoms with van der Waals surface area (Å²) in [6.45, 7) is 1.85. The predicted molar refractivity (Wildman–Crippen MR) is 127 cm³/mol. The van der Waals surface area contributed by atoms with Crippen molar-refractivity contribution in [3.05, 3.63) is 98.5 Å². The minimum atomic E-state index is -0.454. The fraction of sp³-hybridized carbons (Fsp3) is 0.0769. The van der Waals surface area contributed by atoms with Crippen LogP contribution in [0.2, 0.25) is 0 Å². The Bertz CT molecular complexity index is 1580. The van der Waals surface area contributed by atoms with Gasteiger partial charge in [0.25, 0.3) is 0 Å². The van der Waals surface area contributed by atoms with Crippen molar-refractivity contribution < 1.29 is 18.4 Å². The number of halogens is 1. The van der Waals surface area contributed by atoms with E-state index in [1.165, 1.54) is 6.07 Å². The number of ketones is 1. The van der Waals surface area contributed by atoms with Crippen LogP contribution in [0.5, 0.6) is 5.75 Å². The summed E-state index contributed by atoms with van der Waals surface area (Å²) in [6, 6.07) is 19.6. The van der Waals surface area contributed by atoms with Crippen molar-refractivity contribution in [2.45, 2.75) is 6.92 Å². The molecule has 3 aromatic carbocycles. The number of rotatable bonds is 4. The average molecular weight is 489 g/mol. The Hall–Kier alpha value is -3.64. The molecule has 2 heterocycles. The van der Waals surface area contributed by atoms with Crippen LogP contribution in [0.3, 0.4) is 0 Å². The van der Waals surface area contributed by atoms with Gasteiger partial charge in [-0.3, -0.25) is 4.79 Å². The number of methoxy groups -OCH3 is 1. The van der Waals surface area contributed by atoms with Crippen LogP contribution >= 0.6 is 15.9 Å². The van der Waals surface area contributed by atoms with Crippen molar-refractivity contribution in [1.29, 1.82) is 0 Å². The normalized spacial score (nSPS) is 11.2. The Morgan fingerprint density at radius 3 is 2.56 bits per heavy atom.